The molecule has 88 valence electrons. The fourth-order valence-electron chi connectivity index (χ4n) is 2.40. The Morgan fingerprint density at radius 2 is 2.12 bits per heavy atom. The molecule has 2 N–H and O–H groups in total. The summed E-state index contributed by atoms with van der Waals surface area (Å²) < 4.78 is 2.23. The van der Waals surface area contributed by atoms with Crippen molar-refractivity contribution in [2.75, 3.05) is 5.73 Å². The Kier molecular flexibility index (Phi) is 2.35. The summed E-state index contributed by atoms with van der Waals surface area (Å²) in [5.74, 6) is 2.07. The molecule has 1 aromatic carbocycles. The van der Waals surface area contributed by atoms with E-state index in [1.165, 1.54) is 12.8 Å². The number of hydrogen-bond donors (Lipinski definition) is 1. The highest BCUT2D eigenvalue weighted by atomic mass is 15.3. The van der Waals surface area contributed by atoms with Gasteiger partial charge in [-0.25, -0.2) is 0 Å². The van der Waals surface area contributed by atoms with Crippen molar-refractivity contribution in [1.29, 1.82) is 0 Å². The number of nitrogens with zero attached hydrogens (tertiary/aromatic N) is 3. The number of nitrogens with two attached hydrogens (primary N) is 1. The molecule has 17 heavy (non-hydrogen) atoms. The monoisotopic (exact) mass is 228 g/mol. The molecule has 0 aliphatic carbocycles. The minimum atomic E-state index is 0.815. The van der Waals surface area contributed by atoms with Gasteiger partial charge in [-0.2, -0.15) is 0 Å². The number of aromatic nitrogens is 3. The van der Waals surface area contributed by atoms with Crippen molar-refractivity contribution >= 4 is 5.69 Å². The maximum atomic E-state index is 5.95. The summed E-state index contributed by atoms with van der Waals surface area (Å²) in [7, 11) is 0. The second-order valence-electron chi connectivity index (χ2n) is 4.57. The van der Waals surface area contributed by atoms with Gasteiger partial charge >= 0.3 is 0 Å². The third-order valence-corrected chi connectivity index (χ3v) is 3.48. The molecule has 0 spiro atoms. The average molecular weight is 228 g/mol. The normalized spacial score (nSPS) is 14.6. The van der Waals surface area contributed by atoms with Crippen LogP contribution in [0, 0.1) is 6.92 Å². The van der Waals surface area contributed by atoms with Gasteiger partial charge in [0.1, 0.15) is 5.82 Å². The van der Waals surface area contributed by atoms with Crippen molar-refractivity contribution < 1.29 is 0 Å². The molecule has 2 aromatic rings. The van der Waals surface area contributed by atoms with Crippen molar-refractivity contribution in [2.24, 2.45) is 0 Å². The van der Waals surface area contributed by atoms with Crippen LogP contribution in [0.3, 0.4) is 0 Å². The Morgan fingerprint density at radius 1 is 1.24 bits per heavy atom. The van der Waals surface area contributed by atoms with E-state index in [4.69, 9.17) is 5.73 Å². The lowest BCUT2D eigenvalue weighted by molar-refractivity contribution is 0.526. The Labute approximate surface area is 100 Å². The van der Waals surface area contributed by atoms with E-state index < -0.39 is 0 Å². The van der Waals surface area contributed by atoms with E-state index in [1.54, 1.807) is 0 Å². The van der Waals surface area contributed by atoms with E-state index in [2.05, 4.69) is 20.8 Å². The number of nitrogen functional groups attached to an aromatic ring is 1. The van der Waals surface area contributed by atoms with Crippen molar-refractivity contribution in [3.8, 4) is 11.4 Å². The van der Waals surface area contributed by atoms with Crippen LogP contribution in [0.1, 0.15) is 24.2 Å². The zero-order chi connectivity index (χ0) is 11.8. The summed E-state index contributed by atoms with van der Waals surface area (Å²) >= 11 is 0. The minimum absolute atomic E-state index is 0.815. The summed E-state index contributed by atoms with van der Waals surface area (Å²) in [5, 5.41) is 8.60. The summed E-state index contributed by atoms with van der Waals surface area (Å²) in [6.07, 6.45) is 3.46. The van der Waals surface area contributed by atoms with Gasteiger partial charge in [-0.05, 0) is 31.4 Å². The van der Waals surface area contributed by atoms with E-state index in [0.29, 0.717) is 0 Å². The summed E-state index contributed by atoms with van der Waals surface area (Å²) in [4.78, 5) is 0. The molecule has 0 fully saturated rings. The molecular formula is C13H16N4. The first kappa shape index (κ1) is 10.3. The first-order valence-electron chi connectivity index (χ1n) is 6.05. The zero-order valence-corrected chi connectivity index (χ0v) is 9.98. The first-order valence-corrected chi connectivity index (χ1v) is 6.05. The van der Waals surface area contributed by atoms with Crippen LogP contribution >= 0.6 is 0 Å². The number of aryl methyl sites for hydroxylation is 1. The zero-order valence-electron chi connectivity index (χ0n) is 9.98. The predicted octanol–water partition coefficient (Wildman–Crippen LogP) is 2.17. The van der Waals surface area contributed by atoms with Gasteiger partial charge in [0.25, 0.3) is 0 Å². The van der Waals surface area contributed by atoms with Crippen LogP contribution in [0.15, 0.2) is 18.2 Å². The van der Waals surface area contributed by atoms with E-state index in [1.807, 2.05) is 19.1 Å². The molecule has 0 radical (unpaired) electrons. The molecule has 0 saturated carbocycles. The van der Waals surface area contributed by atoms with Gasteiger partial charge in [0.05, 0.1) is 0 Å². The van der Waals surface area contributed by atoms with Gasteiger partial charge < -0.3 is 10.3 Å². The lowest BCUT2D eigenvalue weighted by atomic mass is 10.1. The van der Waals surface area contributed by atoms with Crippen molar-refractivity contribution in [1.82, 2.24) is 14.8 Å². The molecule has 4 heteroatoms. The van der Waals surface area contributed by atoms with Crippen molar-refractivity contribution in [3.05, 3.63) is 29.6 Å². The van der Waals surface area contributed by atoms with Gasteiger partial charge in [-0.15, -0.1) is 10.2 Å². The highest BCUT2D eigenvalue weighted by Gasteiger charge is 2.18. The van der Waals surface area contributed by atoms with Gasteiger partial charge in [0.2, 0.25) is 0 Å². The van der Waals surface area contributed by atoms with Crippen LogP contribution in [-0.4, -0.2) is 14.8 Å². The number of anilines is 1. The van der Waals surface area contributed by atoms with Crippen LogP contribution in [0.4, 0.5) is 5.69 Å². The average Bonchev–Trinajstić information content (AvgIpc) is 2.77. The smallest absolute Gasteiger partial charge is 0.164 e. The Hall–Kier alpha value is -1.84. The molecule has 0 bridgehead atoms. The SMILES string of the molecule is Cc1c(N)cccc1-c1nnc2n1CCCC2. The quantitative estimate of drug-likeness (QED) is 0.761. The molecule has 1 aliphatic rings. The van der Waals surface area contributed by atoms with Gasteiger partial charge in [-0.1, -0.05) is 12.1 Å². The van der Waals surface area contributed by atoms with Crippen LogP contribution in [0.25, 0.3) is 11.4 Å². The fourth-order valence-corrected chi connectivity index (χ4v) is 2.40. The lowest BCUT2D eigenvalue weighted by Gasteiger charge is -2.15. The molecule has 4 nitrogen and oxygen atoms in total. The highest BCUT2D eigenvalue weighted by molar-refractivity contribution is 5.68. The van der Waals surface area contributed by atoms with Crippen LogP contribution < -0.4 is 5.73 Å². The van der Waals surface area contributed by atoms with E-state index >= 15 is 0 Å². The Balaban J connectivity index is 2.15. The van der Waals surface area contributed by atoms with Crippen molar-refractivity contribution in [3.63, 3.8) is 0 Å². The minimum Gasteiger partial charge on any atom is -0.398 e. The summed E-state index contributed by atoms with van der Waals surface area (Å²) in [6, 6.07) is 5.96. The topological polar surface area (TPSA) is 56.7 Å². The van der Waals surface area contributed by atoms with E-state index in [9.17, 15) is 0 Å². The molecule has 0 amide bonds. The van der Waals surface area contributed by atoms with E-state index in [0.717, 1.165) is 41.4 Å². The predicted molar refractivity (Wildman–Crippen MR) is 67.5 cm³/mol. The molecular weight excluding hydrogens is 212 g/mol. The van der Waals surface area contributed by atoms with Crippen LogP contribution in [0.2, 0.25) is 0 Å². The van der Waals surface area contributed by atoms with Crippen LogP contribution in [-0.2, 0) is 13.0 Å². The number of fused-ring (bicyclic) bond motifs is 1. The standard InChI is InChI=1S/C13H16N4/c1-9-10(5-4-6-11(9)14)13-16-15-12-7-2-3-8-17(12)13/h4-6H,2-3,7-8,14H2,1H3. The fraction of sp³-hybridized carbons (Fsp3) is 0.385. The maximum Gasteiger partial charge on any atom is 0.164 e. The summed E-state index contributed by atoms with van der Waals surface area (Å²) in [6.45, 7) is 3.06. The molecule has 0 unspecified atom stereocenters. The molecule has 3 rings (SSSR count). The summed E-state index contributed by atoms with van der Waals surface area (Å²) in [5.41, 5.74) is 8.95. The number of rotatable bonds is 1. The van der Waals surface area contributed by atoms with Crippen LogP contribution in [0.5, 0.6) is 0 Å². The molecule has 1 aliphatic heterocycles. The highest BCUT2D eigenvalue weighted by Crippen LogP contribution is 2.28. The molecule has 0 atom stereocenters. The van der Waals surface area contributed by atoms with Gasteiger partial charge in [0.15, 0.2) is 5.82 Å². The second kappa shape index (κ2) is 3.87. The largest absolute Gasteiger partial charge is 0.398 e. The first-order chi connectivity index (χ1) is 8.27. The van der Waals surface area contributed by atoms with Gasteiger partial charge in [-0.3, -0.25) is 0 Å². The maximum absolute atomic E-state index is 5.95. The number of benzene rings is 1. The Bertz CT molecular complexity index is 557. The molecule has 1 aromatic heterocycles. The Morgan fingerprint density at radius 3 is 3.00 bits per heavy atom. The second-order valence-corrected chi connectivity index (χ2v) is 4.57. The third-order valence-electron chi connectivity index (χ3n) is 3.48. The van der Waals surface area contributed by atoms with Gasteiger partial charge in [0, 0.05) is 24.2 Å². The molecule has 0 saturated heterocycles. The third kappa shape index (κ3) is 1.60. The lowest BCUT2D eigenvalue weighted by Crippen LogP contribution is -2.11. The van der Waals surface area contributed by atoms with Crippen molar-refractivity contribution in [2.45, 2.75) is 32.7 Å². The molecule has 2 heterocycles. The number of hydrogen-bond acceptors (Lipinski definition) is 3. The van der Waals surface area contributed by atoms with E-state index in [-0.39, 0.29) is 0 Å².